The quantitative estimate of drug-likeness (QED) is 0.354. The first-order valence-corrected chi connectivity index (χ1v) is 12.3. The number of amides is 2. The number of fused-ring (bicyclic) bond motifs is 1. The van der Waals surface area contributed by atoms with Crippen molar-refractivity contribution >= 4 is 29.0 Å². The minimum atomic E-state index is -2.89. The largest absolute Gasteiger partial charge is 0.435 e. The number of nitrogens with one attached hydrogen (secondary N) is 2. The third-order valence-electron chi connectivity index (χ3n) is 6.30. The predicted molar refractivity (Wildman–Crippen MR) is 139 cm³/mol. The van der Waals surface area contributed by atoms with Gasteiger partial charge in [-0.3, -0.25) is 14.0 Å². The summed E-state index contributed by atoms with van der Waals surface area (Å²) in [5.74, 6) is 0.0962. The summed E-state index contributed by atoms with van der Waals surface area (Å²) in [6.07, 6.45) is 5.04. The van der Waals surface area contributed by atoms with E-state index in [0.29, 0.717) is 49.0 Å². The summed E-state index contributed by atoms with van der Waals surface area (Å²) in [4.78, 5) is 35.6. The van der Waals surface area contributed by atoms with Crippen molar-refractivity contribution in [3.05, 3.63) is 72.2 Å². The Hall–Kier alpha value is -4.58. The molecule has 0 unspecified atom stereocenters. The monoisotopic (exact) mass is 536 g/mol. The van der Waals surface area contributed by atoms with Gasteiger partial charge in [-0.25, -0.2) is 9.97 Å². The summed E-state index contributed by atoms with van der Waals surface area (Å²) in [6.45, 7) is 0.902. The minimum absolute atomic E-state index is 0.0720. The molecule has 0 aliphatic carbocycles. The van der Waals surface area contributed by atoms with Crippen molar-refractivity contribution in [2.45, 2.75) is 13.5 Å². The average Bonchev–Trinajstić information content (AvgIpc) is 3.37. The van der Waals surface area contributed by atoms with Crippen LogP contribution >= 0.6 is 0 Å². The molecule has 1 fully saturated rings. The number of morpholine rings is 1. The van der Waals surface area contributed by atoms with Gasteiger partial charge in [-0.1, -0.05) is 0 Å². The zero-order chi connectivity index (χ0) is 27.4. The number of ether oxygens (including phenoxy) is 2. The number of imidazole rings is 1. The number of anilines is 2. The molecule has 5 rings (SSSR count). The molecule has 0 atom stereocenters. The van der Waals surface area contributed by atoms with Gasteiger partial charge in [0.2, 0.25) is 5.91 Å². The van der Waals surface area contributed by atoms with Gasteiger partial charge in [0.05, 0.1) is 31.6 Å². The van der Waals surface area contributed by atoms with Crippen LogP contribution in [0.4, 0.5) is 20.3 Å². The highest BCUT2D eigenvalue weighted by Crippen LogP contribution is 2.27. The van der Waals surface area contributed by atoms with Crippen LogP contribution in [0.3, 0.4) is 0 Å². The van der Waals surface area contributed by atoms with Crippen LogP contribution in [0.2, 0.25) is 0 Å². The van der Waals surface area contributed by atoms with E-state index in [1.54, 1.807) is 47.8 Å². The average molecular weight is 537 g/mol. The van der Waals surface area contributed by atoms with Gasteiger partial charge in [-0.15, -0.1) is 0 Å². The Balaban J connectivity index is 1.28. The van der Waals surface area contributed by atoms with E-state index in [1.165, 1.54) is 12.1 Å². The van der Waals surface area contributed by atoms with Crippen LogP contribution < -0.4 is 15.4 Å². The van der Waals surface area contributed by atoms with E-state index in [-0.39, 0.29) is 24.1 Å². The number of hydrogen-bond acceptors (Lipinski definition) is 7. The lowest BCUT2D eigenvalue weighted by Crippen LogP contribution is -2.45. The molecule has 1 saturated heterocycles. The molecule has 0 spiro atoms. The Labute approximate surface area is 222 Å². The van der Waals surface area contributed by atoms with Gasteiger partial charge in [0, 0.05) is 42.3 Å². The highest BCUT2D eigenvalue weighted by molar-refractivity contribution is 5.98. The smallest absolute Gasteiger partial charge is 0.387 e. The topological polar surface area (TPSA) is 110 Å². The van der Waals surface area contributed by atoms with E-state index in [9.17, 15) is 18.4 Å². The fraction of sp³-hybridized carbons (Fsp3) is 0.259. The number of nitrogens with zero attached hydrogens (tertiary/aromatic N) is 4. The van der Waals surface area contributed by atoms with E-state index in [0.717, 1.165) is 16.8 Å². The van der Waals surface area contributed by atoms with Crippen molar-refractivity contribution < 1.29 is 27.8 Å². The molecule has 3 heterocycles. The first kappa shape index (κ1) is 26.0. The second-order valence-electron chi connectivity index (χ2n) is 8.85. The van der Waals surface area contributed by atoms with Crippen molar-refractivity contribution in [2.75, 3.05) is 38.2 Å². The molecular formula is C27H26F2N6O4. The summed E-state index contributed by atoms with van der Waals surface area (Å²) in [5, 5.41) is 5.94. The van der Waals surface area contributed by atoms with Gasteiger partial charge in [-0.05, 0) is 55.0 Å². The Kier molecular flexibility index (Phi) is 7.64. The fourth-order valence-corrected chi connectivity index (χ4v) is 4.34. The maximum atomic E-state index is 12.7. The third kappa shape index (κ3) is 5.96. The second kappa shape index (κ2) is 11.4. The predicted octanol–water partition coefficient (Wildman–Crippen LogP) is 3.64. The van der Waals surface area contributed by atoms with Crippen molar-refractivity contribution in [3.63, 3.8) is 0 Å². The molecule has 12 heteroatoms. The SMILES string of the molecule is Cc1cc(Nc2nccn3c(-c4ccc(OC(F)F)cc4)cnc23)ccc1C(=O)NCC(=O)N1CCOCC1. The van der Waals surface area contributed by atoms with Crippen LogP contribution in [-0.4, -0.2) is 70.5 Å². The van der Waals surface area contributed by atoms with E-state index in [2.05, 4.69) is 25.3 Å². The number of hydrogen-bond donors (Lipinski definition) is 2. The van der Waals surface area contributed by atoms with E-state index in [4.69, 9.17) is 4.74 Å². The third-order valence-corrected chi connectivity index (χ3v) is 6.30. The summed E-state index contributed by atoms with van der Waals surface area (Å²) in [6, 6.07) is 11.6. The molecule has 10 nitrogen and oxygen atoms in total. The summed E-state index contributed by atoms with van der Waals surface area (Å²) >= 11 is 0. The zero-order valence-corrected chi connectivity index (χ0v) is 21.1. The molecule has 2 aromatic carbocycles. The molecule has 1 aliphatic rings. The molecule has 2 N–H and O–H groups in total. The standard InChI is InChI=1S/C27H26F2N6O4/c1-17-14-19(4-7-21(17)26(37)32-16-23(36)34-10-12-38-13-11-34)33-24-25-31-15-22(35(25)9-8-30-24)18-2-5-20(6-3-18)39-27(28)29/h2-9,14-15,27H,10-13,16H2,1H3,(H,30,33)(H,32,37). The lowest BCUT2D eigenvalue weighted by Gasteiger charge is -2.26. The van der Waals surface area contributed by atoms with Crippen LogP contribution in [0.5, 0.6) is 5.75 Å². The maximum Gasteiger partial charge on any atom is 0.387 e. The van der Waals surface area contributed by atoms with Gasteiger partial charge >= 0.3 is 6.61 Å². The van der Waals surface area contributed by atoms with E-state index in [1.807, 2.05) is 17.4 Å². The Morgan fingerprint density at radius 2 is 1.87 bits per heavy atom. The van der Waals surface area contributed by atoms with Gasteiger partial charge in [0.25, 0.3) is 5.91 Å². The zero-order valence-electron chi connectivity index (χ0n) is 21.1. The van der Waals surface area contributed by atoms with Crippen LogP contribution in [-0.2, 0) is 9.53 Å². The number of carbonyl (C=O) groups is 2. The Bertz CT molecular complexity index is 1490. The van der Waals surface area contributed by atoms with E-state index >= 15 is 0 Å². The van der Waals surface area contributed by atoms with Crippen molar-refractivity contribution in [1.82, 2.24) is 24.6 Å². The Morgan fingerprint density at radius 3 is 2.59 bits per heavy atom. The van der Waals surface area contributed by atoms with Crippen LogP contribution in [0, 0.1) is 6.92 Å². The molecule has 1 aliphatic heterocycles. The van der Waals surface area contributed by atoms with Gasteiger partial charge < -0.3 is 25.0 Å². The Morgan fingerprint density at radius 1 is 1.10 bits per heavy atom. The molecule has 0 bridgehead atoms. The number of aromatic nitrogens is 3. The van der Waals surface area contributed by atoms with Gasteiger partial charge in [0.1, 0.15) is 5.75 Å². The number of alkyl halides is 2. The van der Waals surface area contributed by atoms with Crippen molar-refractivity contribution in [2.24, 2.45) is 0 Å². The maximum absolute atomic E-state index is 12.7. The molecule has 39 heavy (non-hydrogen) atoms. The highest BCUT2D eigenvalue weighted by atomic mass is 19.3. The first-order valence-electron chi connectivity index (χ1n) is 12.3. The van der Waals surface area contributed by atoms with E-state index < -0.39 is 6.61 Å². The molecule has 4 aromatic rings. The fourth-order valence-electron chi connectivity index (χ4n) is 4.34. The van der Waals surface area contributed by atoms with Gasteiger partial charge in [0.15, 0.2) is 11.5 Å². The van der Waals surface area contributed by atoms with Crippen molar-refractivity contribution in [1.29, 1.82) is 0 Å². The first-order chi connectivity index (χ1) is 18.9. The minimum Gasteiger partial charge on any atom is -0.435 e. The molecular weight excluding hydrogens is 510 g/mol. The van der Waals surface area contributed by atoms with Crippen LogP contribution in [0.15, 0.2) is 61.1 Å². The summed E-state index contributed by atoms with van der Waals surface area (Å²) < 4.78 is 36.4. The van der Waals surface area contributed by atoms with Gasteiger partial charge in [-0.2, -0.15) is 8.78 Å². The molecule has 2 aromatic heterocycles. The number of carbonyl (C=O) groups excluding carboxylic acids is 2. The molecule has 0 saturated carbocycles. The molecule has 202 valence electrons. The number of halogens is 2. The lowest BCUT2D eigenvalue weighted by atomic mass is 10.1. The summed E-state index contributed by atoms with van der Waals surface area (Å²) in [5.41, 5.74) is 3.95. The lowest BCUT2D eigenvalue weighted by molar-refractivity contribution is -0.134. The second-order valence-corrected chi connectivity index (χ2v) is 8.85. The molecule has 2 amide bonds. The summed E-state index contributed by atoms with van der Waals surface area (Å²) in [7, 11) is 0. The van der Waals surface area contributed by atoms with Crippen molar-refractivity contribution in [3.8, 4) is 17.0 Å². The number of benzene rings is 2. The number of aryl methyl sites for hydroxylation is 1. The number of rotatable bonds is 8. The van der Waals surface area contributed by atoms with Crippen LogP contribution in [0.1, 0.15) is 15.9 Å². The molecule has 0 radical (unpaired) electrons. The van der Waals surface area contributed by atoms with Crippen LogP contribution in [0.25, 0.3) is 16.9 Å². The normalized spacial score (nSPS) is 13.5. The highest BCUT2D eigenvalue weighted by Gasteiger charge is 2.18.